The molecule has 0 unspecified atom stereocenters. The molecule has 0 bridgehead atoms. The quantitative estimate of drug-likeness (QED) is 0.459. The topological polar surface area (TPSA) is 3.88 Å². The zero-order valence-electron chi connectivity index (χ0n) is 18.5. The van der Waals surface area contributed by atoms with Crippen LogP contribution in [0.3, 0.4) is 0 Å². The predicted molar refractivity (Wildman–Crippen MR) is 113 cm³/mol. The first kappa shape index (κ1) is 17.3. The third-order valence-corrected chi connectivity index (χ3v) is 5.32. The summed E-state index contributed by atoms with van der Waals surface area (Å²) in [4.78, 5) is 0. The van der Waals surface area contributed by atoms with E-state index in [1.165, 1.54) is 33.3 Å². The van der Waals surface area contributed by atoms with E-state index in [1.54, 1.807) is 0 Å². The number of nitrogens with zero attached hydrogens (tertiary/aromatic N) is 1. The fourth-order valence-corrected chi connectivity index (χ4v) is 3.76. The third kappa shape index (κ3) is 3.28. The van der Waals surface area contributed by atoms with Crippen LogP contribution in [0.15, 0.2) is 48.6 Å². The van der Waals surface area contributed by atoms with Crippen molar-refractivity contribution >= 4 is 10.8 Å². The summed E-state index contributed by atoms with van der Waals surface area (Å²) in [6, 6.07) is 13.3. The molecule has 0 N–H and O–H groups in total. The molecule has 136 valence electrons. The van der Waals surface area contributed by atoms with Gasteiger partial charge in [0, 0.05) is 6.07 Å². The predicted octanol–water partition coefficient (Wildman–Crippen LogP) is 6.23. The van der Waals surface area contributed by atoms with Gasteiger partial charge >= 0.3 is 0 Å². The molecule has 1 aromatic heterocycles. The fourth-order valence-electron chi connectivity index (χ4n) is 3.76. The molecule has 0 aliphatic rings. The Labute approximate surface area is 160 Å². The van der Waals surface area contributed by atoms with Crippen LogP contribution in [0.2, 0.25) is 0 Å². The maximum atomic E-state index is 7.97. The average Bonchev–Trinajstić information content (AvgIpc) is 2.53. The maximum Gasteiger partial charge on any atom is 0.220 e. The molecule has 3 rings (SSSR count). The van der Waals surface area contributed by atoms with E-state index in [0.29, 0.717) is 6.04 Å². The highest BCUT2D eigenvalue weighted by molar-refractivity contribution is 5.93. The van der Waals surface area contributed by atoms with Crippen molar-refractivity contribution < 1.29 is 5.94 Å². The van der Waals surface area contributed by atoms with Crippen LogP contribution in [0.25, 0.3) is 22.0 Å². The van der Waals surface area contributed by atoms with Crippen LogP contribution < -0.4 is 4.57 Å². The van der Waals surface area contributed by atoms with E-state index in [2.05, 4.69) is 90.5 Å². The Balaban J connectivity index is 2.45. The number of benzene rings is 2. The zero-order chi connectivity index (χ0) is 20.1. The molecule has 0 spiro atoms. The maximum absolute atomic E-state index is 7.97. The van der Waals surface area contributed by atoms with Gasteiger partial charge in [-0.2, -0.15) is 0 Å². The molecule has 0 saturated carbocycles. The molecule has 0 aliphatic carbocycles. The Bertz CT molecular complexity index is 1020. The molecular formula is C25H32N+. The molecule has 0 aliphatic heterocycles. The Kier molecular flexibility index (Phi) is 4.14. The summed E-state index contributed by atoms with van der Waals surface area (Å²) in [6.07, 6.45) is 2.11. The highest BCUT2D eigenvalue weighted by Gasteiger charge is 2.27. The number of aromatic nitrogens is 1. The summed E-state index contributed by atoms with van der Waals surface area (Å²) in [6.45, 7) is 16.0. The first-order valence-electron chi connectivity index (χ1n) is 9.94. The fraction of sp³-hybridized carbons (Fsp3) is 0.400. The van der Waals surface area contributed by atoms with E-state index in [9.17, 15) is 0 Å². The Morgan fingerprint density at radius 1 is 0.923 bits per heavy atom. The van der Waals surface area contributed by atoms with Crippen molar-refractivity contribution in [3.63, 3.8) is 0 Å². The van der Waals surface area contributed by atoms with Crippen molar-refractivity contribution in [2.24, 2.45) is 7.05 Å². The van der Waals surface area contributed by atoms with Gasteiger partial charge in [0.2, 0.25) is 5.69 Å². The van der Waals surface area contributed by atoms with Gasteiger partial charge in [0.1, 0.15) is 7.05 Å². The van der Waals surface area contributed by atoms with Gasteiger partial charge in [0.05, 0.1) is 12.3 Å². The van der Waals surface area contributed by atoms with Crippen LogP contribution in [-0.2, 0) is 17.9 Å². The molecular weight excluding hydrogens is 314 g/mol. The monoisotopic (exact) mass is 347 g/mol. The van der Waals surface area contributed by atoms with Crippen molar-refractivity contribution in [3.05, 3.63) is 65.3 Å². The second-order valence-electron chi connectivity index (χ2n) is 9.48. The number of aryl methyl sites for hydroxylation is 1. The molecule has 26 heavy (non-hydrogen) atoms. The lowest BCUT2D eigenvalue weighted by Gasteiger charge is -2.28. The summed E-state index contributed by atoms with van der Waals surface area (Å²) in [5.74, 6) is 0. The van der Waals surface area contributed by atoms with E-state index in [1.807, 2.05) is 12.1 Å². The summed E-state index contributed by atoms with van der Waals surface area (Å²) in [5.41, 5.74) is 6.78. The molecule has 0 saturated heterocycles. The first-order valence-corrected chi connectivity index (χ1v) is 9.44. The molecule has 3 aromatic rings. The minimum atomic E-state index is 0.0809. The molecule has 2 aromatic carbocycles. The number of pyridine rings is 1. The standard InChI is InChI=1S/C25H32N/c1-17-21(15-19(24(2,3)4)16-22(17)25(5,6)7)23-20-12-10-9-11-18(20)13-14-26(23)8/h9-16H,1-8H3/q+1/i9D. The van der Waals surface area contributed by atoms with Gasteiger partial charge in [-0.1, -0.05) is 65.8 Å². The summed E-state index contributed by atoms with van der Waals surface area (Å²) >= 11 is 0. The van der Waals surface area contributed by atoms with Crippen molar-refractivity contribution in [3.8, 4) is 11.3 Å². The van der Waals surface area contributed by atoms with Gasteiger partial charge in [0.25, 0.3) is 0 Å². The molecule has 0 atom stereocenters. The van der Waals surface area contributed by atoms with Crippen LogP contribution in [0.4, 0.5) is 0 Å². The highest BCUT2D eigenvalue weighted by Crippen LogP contribution is 2.38. The smallest absolute Gasteiger partial charge is 0.200 e. The normalized spacial score (nSPS) is 13.2. The van der Waals surface area contributed by atoms with Crippen LogP contribution >= 0.6 is 0 Å². The van der Waals surface area contributed by atoms with E-state index >= 15 is 0 Å². The molecule has 0 radical (unpaired) electrons. The largest absolute Gasteiger partial charge is 0.220 e. The second kappa shape index (κ2) is 6.23. The number of rotatable bonds is 1. The Morgan fingerprint density at radius 3 is 2.23 bits per heavy atom. The van der Waals surface area contributed by atoms with Gasteiger partial charge < -0.3 is 0 Å². The molecule has 1 heteroatoms. The zero-order valence-corrected chi connectivity index (χ0v) is 17.5. The van der Waals surface area contributed by atoms with Crippen LogP contribution in [0.5, 0.6) is 0 Å². The average molecular weight is 348 g/mol. The van der Waals surface area contributed by atoms with Crippen molar-refractivity contribution in [2.75, 3.05) is 0 Å². The van der Waals surface area contributed by atoms with E-state index in [-0.39, 0.29) is 10.8 Å². The van der Waals surface area contributed by atoms with Crippen LogP contribution in [-0.4, -0.2) is 0 Å². The lowest BCUT2D eigenvalue weighted by Crippen LogP contribution is -2.31. The minimum Gasteiger partial charge on any atom is -0.200 e. The Morgan fingerprint density at radius 2 is 1.62 bits per heavy atom. The lowest BCUT2D eigenvalue weighted by atomic mass is 9.76. The minimum absolute atomic E-state index is 0.0809. The molecule has 1 heterocycles. The van der Waals surface area contributed by atoms with Gasteiger partial charge in [0.15, 0.2) is 6.20 Å². The number of fused-ring (bicyclic) bond motifs is 1. The summed E-state index contributed by atoms with van der Waals surface area (Å²) in [5, 5.41) is 2.32. The van der Waals surface area contributed by atoms with Crippen LogP contribution in [0, 0.1) is 6.92 Å². The highest BCUT2D eigenvalue weighted by atomic mass is 14.9. The lowest BCUT2D eigenvalue weighted by molar-refractivity contribution is -0.659. The van der Waals surface area contributed by atoms with Gasteiger partial charge in [-0.15, -0.1) is 0 Å². The molecule has 1 nitrogen and oxygen atoms in total. The SMILES string of the molecule is [2H]c1ccc2c(-c3cc(C(C)(C)C)cc(C(C)(C)C)c3C)[n+](C)ccc2c1. The summed E-state index contributed by atoms with van der Waals surface area (Å²) in [7, 11) is 2.11. The molecule has 0 fully saturated rings. The van der Waals surface area contributed by atoms with E-state index < -0.39 is 0 Å². The van der Waals surface area contributed by atoms with Gasteiger partial charge in [-0.3, -0.25) is 0 Å². The van der Waals surface area contributed by atoms with E-state index in [0.717, 1.165) is 5.39 Å². The van der Waals surface area contributed by atoms with E-state index in [4.69, 9.17) is 1.37 Å². The second-order valence-corrected chi connectivity index (χ2v) is 9.48. The number of hydrogen-bond donors (Lipinski definition) is 0. The summed E-state index contributed by atoms with van der Waals surface area (Å²) < 4.78 is 10.2. The van der Waals surface area contributed by atoms with Gasteiger partial charge in [-0.25, -0.2) is 4.57 Å². The van der Waals surface area contributed by atoms with Crippen molar-refractivity contribution in [1.29, 1.82) is 0 Å². The Hall–Kier alpha value is -2.15. The third-order valence-electron chi connectivity index (χ3n) is 5.32. The number of hydrogen-bond acceptors (Lipinski definition) is 0. The first-order chi connectivity index (χ1) is 12.4. The molecule has 0 amide bonds. The van der Waals surface area contributed by atoms with Crippen molar-refractivity contribution in [2.45, 2.75) is 59.3 Å². The van der Waals surface area contributed by atoms with Crippen molar-refractivity contribution in [1.82, 2.24) is 0 Å². The van der Waals surface area contributed by atoms with Crippen LogP contribution in [0.1, 0.15) is 59.6 Å². The van der Waals surface area contributed by atoms with Gasteiger partial charge in [-0.05, 0) is 52.0 Å².